The molecule has 0 aliphatic carbocycles. The molecule has 1 saturated heterocycles. The Bertz CT molecular complexity index is 312. The lowest BCUT2D eigenvalue weighted by Gasteiger charge is -2.33. The lowest BCUT2D eigenvalue weighted by molar-refractivity contribution is -0.140. The van der Waals surface area contributed by atoms with E-state index in [-0.39, 0.29) is 11.9 Å². The van der Waals surface area contributed by atoms with Crippen molar-refractivity contribution in [3.05, 3.63) is 0 Å². The summed E-state index contributed by atoms with van der Waals surface area (Å²) in [7, 11) is 0. The summed E-state index contributed by atoms with van der Waals surface area (Å²) in [6.07, 6.45) is 3.92. The first-order valence-corrected chi connectivity index (χ1v) is 7.27. The van der Waals surface area contributed by atoms with Crippen LogP contribution in [-0.2, 0) is 4.79 Å². The van der Waals surface area contributed by atoms with Gasteiger partial charge in [-0.3, -0.25) is 0 Å². The van der Waals surface area contributed by atoms with Gasteiger partial charge in [0, 0.05) is 13.1 Å². The molecule has 0 aromatic rings. The Morgan fingerprint density at radius 3 is 2.32 bits per heavy atom. The molecule has 5 nitrogen and oxygen atoms in total. The molecule has 110 valence electrons. The number of carbonyl (C=O) groups excluding carboxylic acids is 1. The number of piperidine rings is 1. The van der Waals surface area contributed by atoms with Crippen LogP contribution >= 0.6 is 0 Å². The molecule has 0 spiro atoms. The number of nitrogens with one attached hydrogen (secondary N) is 1. The average molecular weight is 270 g/mol. The number of hydrogen-bond donors (Lipinski definition) is 2. The lowest BCUT2D eigenvalue weighted by atomic mass is 9.94. The summed E-state index contributed by atoms with van der Waals surface area (Å²) in [5.74, 6) is -0.310. The van der Waals surface area contributed by atoms with Crippen molar-refractivity contribution in [3.8, 4) is 0 Å². The second-order valence-corrected chi connectivity index (χ2v) is 5.49. The number of urea groups is 1. The summed E-state index contributed by atoms with van der Waals surface area (Å²) in [5, 5.41) is 11.8. The fourth-order valence-corrected chi connectivity index (χ4v) is 2.45. The van der Waals surface area contributed by atoms with Crippen LogP contribution in [0.5, 0.6) is 0 Å². The molecule has 0 radical (unpaired) electrons. The molecule has 2 atom stereocenters. The van der Waals surface area contributed by atoms with E-state index in [1.54, 1.807) is 4.90 Å². The molecule has 1 rings (SSSR count). The molecule has 1 heterocycles. The van der Waals surface area contributed by atoms with Crippen LogP contribution in [0.15, 0.2) is 0 Å². The molecule has 5 heteroatoms. The average Bonchev–Trinajstić information content (AvgIpc) is 2.43. The van der Waals surface area contributed by atoms with E-state index in [0.717, 1.165) is 38.8 Å². The molecular weight excluding hydrogens is 244 g/mol. The number of nitrogens with zero attached hydrogens (tertiary/aromatic N) is 1. The van der Waals surface area contributed by atoms with Crippen LogP contribution in [0, 0.1) is 11.8 Å². The van der Waals surface area contributed by atoms with Crippen LogP contribution in [0.3, 0.4) is 0 Å². The topological polar surface area (TPSA) is 69.6 Å². The Hall–Kier alpha value is -1.26. The van der Waals surface area contributed by atoms with Crippen molar-refractivity contribution in [1.29, 1.82) is 0 Å². The van der Waals surface area contributed by atoms with Gasteiger partial charge in [0.25, 0.3) is 0 Å². The molecule has 19 heavy (non-hydrogen) atoms. The van der Waals surface area contributed by atoms with Crippen molar-refractivity contribution >= 4 is 12.0 Å². The molecule has 0 aromatic heterocycles. The minimum absolute atomic E-state index is 0.0605. The fourth-order valence-electron chi connectivity index (χ4n) is 2.45. The molecule has 1 aliphatic heterocycles. The van der Waals surface area contributed by atoms with Gasteiger partial charge in [0.1, 0.15) is 6.04 Å². The highest BCUT2D eigenvalue weighted by Gasteiger charge is 2.28. The summed E-state index contributed by atoms with van der Waals surface area (Å²) < 4.78 is 0. The summed E-state index contributed by atoms with van der Waals surface area (Å²) in [6, 6.07) is -1.02. The van der Waals surface area contributed by atoms with Gasteiger partial charge in [0.2, 0.25) is 0 Å². The molecule has 0 aromatic carbocycles. The van der Waals surface area contributed by atoms with Crippen molar-refractivity contribution in [2.45, 2.75) is 52.5 Å². The third-order valence-electron chi connectivity index (χ3n) is 4.24. The molecule has 0 bridgehead atoms. The normalized spacial score (nSPS) is 19.8. The number of carboxylic acid groups (broad SMARTS) is 1. The van der Waals surface area contributed by atoms with E-state index in [4.69, 9.17) is 5.11 Å². The largest absolute Gasteiger partial charge is 0.480 e. The maximum absolute atomic E-state index is 12.1. The minimum Gasteiger partial charge on any atom is -0.480 e. The molecular formula is C14H26N2O3. The summed E-state index contributed by atoms with van der Waals surface area (Å²) in [4.78, 5) is 25.0. The molecule has 1 unspecified atom stereocenters. The minimum atomic E-state index is -0.953. The standard InChI is InChI=1S/C14H26N2O3/c1-4-10(3)12(13(17)18)15-14(19)16-8-6-11(5-2)7-9-16/h10-12H,4-9H2,1-3H3,(H,15,19)(H,17,18)/t10?,12-/m0/s1. The smallest absolute Gasteiger partial charge is 0.326 e. The molecule has 2 N–H and O–H groups in total. The van der Waals surface area contributed by atoms with Crippen molar-refractivity contribution < 1.29 is 14.7 Å². The SMILES string of the molecule is CCC1CCN(C(=O)N[C@H](C(=O)O)C(C)CC)CC1. The molecule has 1 aliphatic rings. The third kappa shape index (κ3) is 4.40. The van der Waals surface area contributed by atoms with Crippen LogP contribution in [0.1, 0.15) is 46.5 Å². The van der Waals surface area contributed by atoms with Gasteiger partial charge in [-0.1, -0.05) is 33.6 Å². The van der Waals surface area contributed by atoms with Crippen molar-refractivity contribution in [3.63, 3.8) is 0 Å². The van der Waals surface area contributed by atoms with Crippen molar-refractivity contribution in [2.24, 2.45) is 11.8 Å². The monoisotopic (exact) mass is 270 g/mol. The van der Waals surface area contributed by atoms with E-state index < -0.39 is 12.0 Å². The van der Waals surface area contributed by atoms with Gasteiger partial charge in [-0.05, 0) is 24.7 Å². The maximum atomic E-state index is 12.1. The second-order valence-electron chi connectivity index (χ2n) is 5.49. The van der Waals surface area contributed by atoms with Gasteiger partial charge in [-0.25, -0.2) is 9.59 Å². The van der Waals surface area contributed by atoms with E-state index >= 15 is 0 Å². The van der Waals surface area contributed by atoms with Crippen molar-refractivity contribution in [2.75, 3.05) is 13.1 Å². The Morgan fingerprint density at radius 1 is 1.32 bits per heavy atom. The highest BCUT2D eigenvalue weighted by molar-refractivity contribution is 5.82. The van der Waals surface area contributed by atoms with Crippen molar-refractivity contribution in [1.82, 2.24) is 10.2 Å². The van der Waals surface area contributed by atoms with Crippen LogP contribution < -0.4 is 5.32 Å². The Labute approximate surface area is 115 Å². The first kappa shape index (κ1) is 15.8. The Balaban J connectivity index is 2.51. The van der Waals surface area contributed by atoms with E-state index in [2.05, 4.69) is 12.2 Å². The molecule has 2 amide bonds. The summed E-state index contributed by atoms with van der Waals surface area (Å²) >= 11 is 0. The van der Waals surface area contributed by atoms with Crippen LogP contribution in [0.4, 0.5) is 4.79 Å². The lowest BCUT2D eigenvalue weighted by Crippen LogP contribution is -2.52. The number of amides is 2. The summed E-state index contributed by atoms with van der Waals surface area (Å²) in [6.45, 7) is 7.42. The predicted molar refractivity (Wildman–Crippen MR) is 74.0 cm³/mol. The van der Waals surface area contributed by atoms with Gasteiger partial charge in [-0.2, -0.15) is 0 Å². The Kier molecular flexibility index (Phi) is 6.12. The highest BCUT2D eigenvalue weighted by Crippen LogP contribution is 2.20. The highest BCUT2D eigenvalue weighted by atomic mass is 16.4. The van der Waals surface area contributed by atoms with Gasteiger partial charge in [0.05, 0.1) is 0 Å². The van der Waals surface area contributed by atoms with Gasteiger partial charge in [0.15, 0.2) is 0 Å². The third-order valence-corrected chi connectivity index (χ3v) is 4.24. The maximum Gasteiger partial charge on any atom is 0.326 e. The van der Waals surface area contributed by atoms with Gasteiger partial charge in [-0.15, -0.1) is 0 Å². The number of aliphatic carboxylic acids is 1. The van der Waals surface area contributed by atoms with Gasteiger partial charge < -0.3 is 15.3 Å². The predicted octanol–water partition coefficient (Wildman–Crippen LogP) is 2.32. The van der Waals surface area contributed by atoms with Crippen LogP contribution in [-0.4, -0.2) is 41.1 Å². The van der Waals surface area contributed by atoms with E-state index in [1.165, 1.54) is 0 Å². The zero-order valence-electron chi connectivity index (χ0n) is 12.2. The zero-order valence-corrected chi connectivity index (χ0v) is 12.2. The molecule has 1 fully saturated rings. The number of rotatable bonds is 5. The van der Waals surface area contributed by atoms with E-state index in [9.17, 15) is 9.59 Å². The number of carbonyl (C=O) groups is 2. The number of likely N-dealkylation sites (tertiary alicyclic amines) is 1. The first-order chi connectivity index (χ1) is 8.99. The van der Waals surface area contributed by atoms with E-state index in [1.807, 2.05) is 13.8 Å². The van der Waals surface area contributed by atoms with Gasteiger partial charge >= 0.3 is 12.0 Å². The second kappa shape index (κ2) is 7.36. The number of hydrogen-bond acceptors (Lipinski definition) is 2. The first-order valence-electron chi connectivity index (χ1n) is 7.27. The zero-order chi connectivity index (χ0) is 14.4. The van der Waals surface area contributed by atoms with E-state index in [0.29, 0.717) is 5.92 Å². The quantitative estimate of drug-likeness (QED) is 0.805. The Morgan fingerprint density at radius 2 is 1.89 bits per heavy atom. The number of carboxylic acids is 1. The van der Waals surface area contributed by atoms with Crippen LogP contribution in [0.2, 0.25) is 0 Å². The molecule has 0 saturated carbocycles. The summed E-state index contributed by atoms with van der Waals surface area (Å²) in [5.41, 5.74) is 0. The fraction of sp³-hybridized carbons (Fsp3) is 0.857. The van der Waals surface area contributed by atoms with Crippen LogP contribution in [0.25, 0.3) is 0 Å².